The summed E-state index contributed by atoms with van der Waals surface area (Å²) in [5.41, 5.74) is 3.08. The van der Waals surface area contributed by atoms with Crippen molar-refractivity contribution in [1.29, 1.82) is 0 Å². The van der Waals surface area contributed by atoms with Gasteiger partial charge in [-0.25, -0.2) is 0 Å². The van der Waals surface area contributed by atoms with E-state index < -0.39 is 0 Å². The zero-order valence-corrected chi connectivity index (χ0v) is 18.9. The number of hydrogen-bond donors (Lipinski definition) is 0. The van der Waals surface area contributed by atoms with Crippen LogP contribution < -0.4 is 4.74 Å². The van der Waals surface area contributed by atoms with Crippen molar-refractivity contribution in [2.24, 2.45) is 0 Å². The molecule has 33 heavy (non-hydrogen) atoms. The summed E-state index contributed by atoms with van der Waals surface area (Å²) in [5, 5.41) is 5.59. The molecule has 0 spiro atoms. The molecule has 0 atom stereocenters. The first-order chi connectivity index (χ1) is 16.0. The Bertz CT molecular complexity index is 1430. The van der Waals surface area contributed by atoms with Gasteiger partial charge in [-0.05, 0) is 67.1 Å². The van der Waals surface area contributed by atoms with Crippen LogP contribution in [0.2, 0.25) is 5.02 Å². The lowest BCUT2D eigenvalue weighted by atomic mass is 10.1. The fourth-order valence-electron chi connectivity index (χ4n) is 4.01. The highest BCUT2D eigenvalue weighted by Crippen LogP contribution is 2.31. The number of fused-ring (bicyclic) bond motifs is 1. The molecule has 0 radical (unpaired) electrons. The van der Waals surface area contributed by atoms with E-state index >= 15 is 0 Å². The van der Waals surface area contributed by atoms with E-state index in [0.29, 0.717) is 41.0 Å². The van der Waals surface area contributed by atoms with Crippen molar-refractivity contribution in [1.82, 2.24) is 19.3 Å². The first kappa shape index (κ1) is 21.0. The molecule has 5 rings (SSSR count). The molecule has 0 bridgehead atoms. The number of rotatable bonds is 6. The largest absolute Gasteiger partial charge is 0.497 e. The van der Waals surface area contributed by atoms with Crippen LogP contribution in [0, 0.1) is 6.92 Å². The molecule has 0 aliphatic heterocycles. The molecule has 3 aromatic heterocycles. The number of halogens is 1. The summed E-state index contributed by atoms with van der Waals surface area (Å²) in [7, 11) is 1.62. The summed E-state index contributed by atoms with van der Waals surface area (Å²) in [6, 6.07) is 16.4. The Hall–Kier alpha value is -3.84. The third kappa shape index (κ3) is 4.03. The van der Waals surface area contributed by atoms with E-state index in [1.165, 1.54) is 0 Å². The Kier molecular flexibility index (Phi) is 5.48. The fraction of sp³-hybridized carbons (Fsp3) is 0.160. The van der Waals surface area contributed by atoms with Gasteiger partial charge in [-0.2, -0.15) is 4.98 Å². The van der Waals surface area contributed by atoms with E-state index in [1.807, 2.05) is 54.2 Å². The van der Waals surface area contributed by atoms with Gasteiger partial charge in [0.05, 0.1) is 25.6 Å². The van der Waals surface area contributed by atoms with Gasteiger partial charge in [0.1, 0.15) is 5.75 Å². The maximum Gasteiger partial charge on any atom is 0.262 e. The number of nitrogens with zero attached hydrogens (tertiary/aromatic N) is 4. The fourth-order valence-corrected chi connectivity index (χ4v) is 4.14. The van der Waals surface area contributed by atoms with Crippen LogP contribution in [0.3, 0.4) is 0 Å². The minimum Gasteiger partial charge on any atom is -0.497 e. The van der Waals surface area contributed by atoms with E-state index in [0.717, 1.165) is 22.2 Å². The van der Waals surface area contributed by atoms with Gasteiger partial charge in [-0.1, -0.05) is 16.8 Å². The summed E-state index contributed by atoms with van der Waals surface area (Å²) in [6.45, 7) is 2.45. The van der Waals surface area contributed by atoms with E-state index in [4.69, 9.17) is 20.9 Å². The molecule has 0 amide bonds. The number of benzene rings is 2. The van der Waals surface area contributed by atoms with Crippen LogP contribution >= 0.6 is 11.6 Å². The maximum absolute atomic E-state index is 13.4. The Labute approximate surface area is 195 Å². The number of aromatic nitrogens is 4. The molecule has 0 N–H and O–H groups in total. The summed E-state index contributed by atoms with van der Waals surface area (Å²) in [6.07, 6.45) is 4.29. The Morgan fingerprint density at radius 1 is 1.12 bits per heavy atom. The van der Waals surface area contributed by atoms with E-state index in [9.17, 15) is 4.79 Å². The van der Waals surface area contributed by atoms with Gasteiger partial charge in [0.25, 0.3) is 5.91 Å². The topological polar surface area (TPSA) is 75.1 Å². The average Bonchev–Trinajstić information content (AvgIpc) is 3.55. The average molecular weight is 461 g/mol. The Morgan fingerprint density at radius 2 is 1.88 bits per heavy atom. The van der Waals surface area contributed by atoms with E-state index in [1.54, 1.807) is 35.9 Å². The third-order valence-electron chi connectivity index (χ3n) is 5.66. The molecule has 0 saturated heterocycles. The molecule has 8 heteroatoms. The van der Waals surface area contributed by atoms with Crippen LogP contribution in [-0.2, 0) is 13.0 Å². The Morgan fingerprint density at radius 3 is 2.61 bits per heavy atom. The maximum atomic E-state index is 13.4. The van der Waals surface area contributed by atoms with Crippen LogP contribution in [0.15, 0.2) is 71.5 Å². The highest BCUT2D eigenvalue weighted by Gasteiger charge is 2.22. The molecule has 3 heterocycles. The quantitative estimate of drug-likeness (QED) is 0.351. The van der Waals surface area contributed by atoms with Crippen LogP contribution in [-0.4, -0.2) is 32.3 Å². The van der Waals surface area contributed by atoms with Crippen LogP contribution in [0.1, 0.15) is 33.3 Å². The lowest BCUT2D eigenvalue weighted by Gasteiger charge is -2.08. The highest BCUT2D eigenvalue weighted by molar-refractivity contribution is 6.30. The molecule has 166 valence electrons. The van der Waals surface area contributed by atoms with Crippen molar-refractivity contribution >= 4 is 28.4 Å². The summed E-state index contributed by atoms with van der Waals surface area (Å²) in [4.78, 5) is 18.0. The Balaban J connectivity index is 1.55. The van der Waals surface area contributed by atoms with Crippen LogP contribution in [0.5, 0.6) is 5.75 Å². The zero-order valence-electron chi connectivity index (χ0n) is 18.2. The SMILES string of the molecule is COc1ccc2c(c1)c(Cc1nc(Cn3cccc3)no1)c(C)n2C(=O)c1ccc(Cl)cc1. The molecule has 7 nitrogen and oxygen atoms in total. The molecule has 0 aliphatic carbocycles. The predicted molar refractivity (Wildman–Crippen MR) is 125 cm³/mol. The third-order valence-corrected chi connectivity index (χ3v) is 5.92. The molecule has 2 aromatic carbocycles. The second kappa shape index (κ2) is 8.60. The first-order valence-electron chi connectivity index (χ1n) is 10.4. The van der Waals surface area contributed by atoms with Crippen molar-refractivity contribution in [2.45, 2.75) is 19.9 Å². The standard InChI is InChI=1S/C25H21ClN4O3/c1-16-20(14-24-27-23(28-33-24)15-29-11-3-4-12-29)21-13-19(32-2)9-10-22(21)30(16)25(31)17-5-7-18(26)8-6-17/h3-13H,14-15H2,1-2H3. The van der Waals surface area contributed by atoms with Gasteiger partial charge < -0.3 is 13.8 Å². The number of hydrogen-bond acceptors (Lipinski definition) is 5. The van der Waals surface area contributed by atoms with Gasteiger partial charge in [0, 0.05) is 34.1 Å². The van der Waals surface area contributed by atoms with Crippen molar-refractivity contribution < 1.29 is 14.1 Å². The molecule has 0 fully saturated rings. The van der Waals surface area contributed by atoms with Crippen LogP contribution in [0.25, 0.3) is 10.9 Å². The summed E-state index contributed by atoms with van der Waals surface area (Å²) >= 11 is 6.01. The van der Waals surface area contributed by atoms with E-state index in [-0.39, 0.29) is 5.91 Å². The second-order valence-electron chi connectivity index (χ2n) is 7.73. The van der Waals surface area contributed by atoms with Crippen molar-refractivity contribution in [3.05, 3.63) is 101 Å². The first-order valence-corrected chi connectivity index (χ1v) is 10.8. The van der Waals surface area contributed by atoms with Gasteiger partial charge >= 0.3 is 0 Å². The molecular formula is C25H21ClN4O3. The summed E-state index contributed by atoms with van der Waals surface area (Å²) in [5.74, 6) is 1.65. The van der Waals surface area contributed by atoms with Gasteiger partial charge in [0.15, 0.2) is 5.82 Å². The predicted octanol–water partition coefficient (Wildman–Crippen LogP) is 5.12. The molecule has 0 unspecified atom stereocenters. The van der Waals surface area contributed by atoms with Gasteiger partial charge in [0.2, 0.25) is 5.89 Å². The number of carbonyl (C=O) groups excluding carboxylic acids is 1. The number of methoxy groups -OCH3 is 1. The molecule has 0 aliphatic rings. The smallest absolute Gasteiger partial charge is 0.262 e. The van der Waals surface area contributed by atoms with Crippen LogP contribution in [0.4, 0.5) is 0 Å². The lowest BCUT2D eigenvalue weighted by Crippen LogP contribution is -2.13. The normalized spacial score (nSPS) is 11.2. The minimum atomic E-state index is -0.135. The monoisotopic (exact) mass is 460 g/mol. The lowest BCUT2D eigenvalue weighted by molar-refractivity contribution is 0.0963. The molecule has 5 aromatic rings. The van der Waals surface area contributed by atoms with Crippen molar-refractivity contribution in [3.63, 3.8) is 0 Å². The summed E-state index contributed by atoms with van der Waals surface area (Å²) < 4.78 is 14.7. The molecular weight excluding hydrogens is 440 g/mol. The second-order valence-corrected chi connectivity index (χ2v) is 8.17. The highest BCUT2D eigenvalue weighted by atomic mass is 35.5. The minimum absolute atomic E-state index is 0.135. The van der Waals surface area contributed by atoms with Crippen molar-refractivity contribution in [2.75, 3.05) is 7.11 Å². The number of ether oxygens (including phenoxy) is 1. The number of carbonyl (C=O) groups is 1. The van der Waals surface area contributed by atoms with Gasteiger partial charge in [-0.3, -0.25) is 9.36 Å². The van der Waals surface area contributed by atoms with E-state index in [2.05, 4.69) is 10.1 Å². The van der Waals surface area contributed by atoms with Crippen molar-refractivity contribution in [3.8, 4) is 5.75 Å². The molecule has 0 saturated carbocycles. The zero-order chi connectivity index (χ0) is 22.9. The van der Waals surface area contributed by atoms with Gasteiger partial charge in [-0.15, -0.1) is 0 Å².